The van der Waals surface area contributed by atoms with Crippen molar-refractivity contribution in [1.29, 1.82) is 0 Å². The molecule has 0 bridgehead atoms. The van der Waals surface area contributed by atoms with Gasteiger partial charge in [0, 0.05) is 36.7 Å². The summed E-state index contributed by atoms with van der Waals surface area (Å²) in [7, 11) is 0. The van der Waals surface area contributed by atoms with Crippen LogP contribution in [0.25, 0.3) is 0 Å². The van der Waals surface area contributed by atoms with E-state index < -0.39 is 0 Å². The number of rotatable bonds is 8. The summed E-state index contributed by atoms with van der Waals surface area (Å²) in [5, 5.41) is 18.7. The first-order chi connectivity index (χ1) is 12.8. The predicted molar refractivity (Wildman–Crippen MR) is 107 cm³/mol. The summed E-state index contributed by atoms with van der Waals surface area (Å²) in [5.41, 5.74) is 0. The van der Waals surface area contributed by atoms with E-state index in [1.54, 1.807) is 57.1 Å². The molecule has 0 aliphatic rings. The second-order valence-electron chi connectivity index (χ2n) is 5.77. The fourth-order valence-corrected chi connectivity index (χ4v) is 3.88. The third kappa shape index (κ3) is 7.07. The van der Waals surface area contributed by atoms with Crippen LogP contribution < -0.4 is 0 Å². The van der Waals surface area contributed by atoms with Crippen LogP contribution in [0, 0.1) is 0 Å². The molecule has 2 aromatic rings. The van der Waals surface area contributed by atoms with Crippen molar-refractivity contribution in [2.45, 2.75) is 30.1 Å². The van der Waals surface area contributed by atoms with Gasteiger partial charge in [-0.3, -0.25) is 18.2 Å². The molecule has 0 spiro atoms. The zero-order chi connectivity index (χ0) is 19.8. The Balaban J connectivity index is 1.90. The fourth-order valence-electron chi connectivity index (χ4n) is 2.16. The molecule has 0 saturated carbocycles. The van der Waals surface area contributed by atoms with E-state index in [2.05, 4.69) is 0 Å². The standard InChI is InChI=1S/C19H22N2O4S2/c1-14(22)20(26-18-8-4-16(24)5-9-18)12-3-13-21(15(2)23)27-19-10-6-17(25)7-11-19/h4-11,24-25H,3,12-13H2,1-2H3. The van der Waals surface area contributed by atoms with Gasteiger partial charge in [0.1, 0.15) is 11.5 Å². The van der Waals surface area contributed by atoms with Crippen molar-refractivity contribution in [1.82, 2.24) is 8.61 Å². The second-order valence-corrected chi connectivity index (χ2v) is 7.96. The lowest BCUT2D eigenvalue weighted by Gasteiger charge is -2.23. The molecule has 8 heteroatoms. The normalized spacial score (nSPS) is 10.4. The average molecular weight is 407 g/mol. The van der Waals surface area contributed by atoms with Crippen LogP contribution >= 0.6 is 23.9 Å². The minimum Gasteiger partial charge on any atom is -0.508 e. The van der Waals surface area contributed by atoms with E-state index in [0.717, 1.165) is 9.79 Å². The number of carbonyl (C=O) groups excluding carboxylic acids is 2. The SMILES string of the molecule is CC(=O)N(CCCN(Sc1ccc(O)cc1)C(C)=O)Sc1ccc(O)cc1. The molecule has 0 aliphatic heterocycles. The van der Waals surface area contributed by atoms with Gasteiger partial charge >= 0.3 is 0 Å². The molecule has 6 nitrogen and oxygen atoms in total. The maximum absolute atomic E-state index is 11.9. The summed E-state index contributed by atoms with van der Waals surface area (Å²) in [6.45, 7) is 3.98. The highest BCUT2D eigenvalue weighted by atomic mass is 32.2. The van der Waals surface area contributed by atoms with Gasteiger partial charge in [0.05, 0.1) is 0 Å². The van der Waals surface area contributed by atoms with Crippen LogP contribution in [0.5, 0.6) is 11.5 Å². The number of nitrogens with zero attached hydrogens (tertiary/aromatic N) is 2. The molecule has 0 unspecified atom stereocenters. The number of hydrogen-bond acceptors (Lipinski definition) is 6. The Bertz CT molecular complexity index is 701. The smallest absolute Gasteiger partial charge is 0.229 e. The fraction of sp³-hybridized carbons (Fsp3) is 0.263. The number of phenolic OH excluding ortho intramolecular Hbond substituents is 2. The molecule has 0 aromatic heterocycles. The molecule has 0 radical (unpaired) electrons. The lowest BCUT2D eigenvalue weighted by molar-refractivity contribution is -0.123. The monoisotopic (exact) mass is 406 g/mol. The Morgan fingerprint density at radius 1 is 0.741 bits per heavy atom. The highest BCUT2D eigenvalue weighted by molar-refractivity contribution is 7.97. The number of hydrogen-bond donors (Lipinski definition) is 2. The zero-order valence-corrected chi connectivity index (χ0v) is 16.8. The summed E-state index contributed by atoms with van der Waals surface area (Å²) in [6.07, 6.45) is 0.620. The van der Waals surface area contributed by atoms with Crippen molar-refractivity contribution in [2.75, 3.05) is 13.1 Å². The van der Waals surface area contributed by atoms with E-state index in [4.69, 9.17) is 0 Å². The van der Waals surface area contributed by atoms with Crippen LogP contribution in [0.1, 0.15) is 20.3 Å². The summed E-state index contributed by atoms with van der Waals surface area (Å²) in [5.74, 6) is 0.205. The highest BCUT2D eigenvalue weighted by Crippen LogP contribution is 2.27. The summed E-state index contributed by atoms with van der Waals surface area (Å²) in [4.78, 5) is 25.5. The molecule has 0 fully saturated rings. The number of amides is 2. The van der Waals surface area contributed by atoms with Gasteiger partial charge in [0.25, 0.3) is 0 Å². The van der Waals surface area contributed by atoms with Crippen LogP contribution in [-0.4, -0.2) is 43.7 Å². The Hall–Kier alpha value is -2.32. The quantitative estimate of drug-likeness (QED) is 0.647. The van der Waals surface area contributed by atoms with Gasteiger partial charge in [-0.25, -0.2) is 0 Å². The first-order valence-corrected chi connectivity index (χ1v) is 9.90. The van der Waals surface area contributed by atoms with Crippen LogP contribution in [-0.2, 0) is 9.59 Å². The van der Waals surface area contributed by atoms with Crippen LogP contribution in [0.3, 0.4) is 0 Å². The number of phenols is 2. The molecule has 0 atom stereocenters. The Morgan fingerprint density at radius 3 is 1.37 bits per heavy atom. The van der Waals surface area contributed by atoms with Gasteiger partial charge in [0.2, 0.25) is 11.8 Å². The van der Waals surface area contributed by atoms with E-state index in [9.17, 15) is 19.8 Å². The second kappa shape index (κ2) is 10.1. The summed E-state index contributed by atoms with van der Waals surface area (Å²) in [6, 6.07) is 13.3. The largest absolute Gasteiger partial charge is 0.508 e. The van der Waals surface area contributed by atoms with Crippen molar-refractivity contribution in [3.8, 4) is 11.5 Å². The summed E-state index contributed by atoms with van der Waals surface area (Å²) < 4.78 is 3.27. The third-order valence-electron chi connectivity index (χ3n) is 3.53. The van der Waals surface area contributed by atoms with E-state index in [1.165, 1.54) is 37.7 Å². The molecular formula is C19H22N2O4S2. The maximum Gasteiger partial charge on any atom is 0.229 e. The maximum atomic E-state index is 11.9. The van der Waals surface area contributed by atoms with E-state index in [1.807, 2.05) is 0 Å². The van der Waals surface area contributed by atoms with E-state index in [-0.39, 0.29) is 23.3 Å². The lowest BCUT2D eigenvalue weighted by Crippen LogP contribution is -2.28. The van der Waals surface area contributed by atoms with Crippen molar-refractivity contribution < 1.29 is 19.8 Å². The van der Waals surface area contributed by atoms with Gasteiger partial charge in [-0.15, -0.1) is 0 Å². The number of carbonyl (C=O) groups is 2. The topological polar surface area (TPSA) is 81.1 Å². The van der Waals surface area contributed by atoms with E-state index >= 15 is 0 Å². The van der Waals surface area contributed by atoms with Crippen LogP contribution in [0.15, 0.2) is 58.3 Å². The molecule has 2 amide bonds. The zero-order valence-electron chi connectivity index (χ0n) is 15.2. The van der Waals surface area contributed by atoms with Gasteiger partial charge in [-0.2, -0.15) is 0 Å². The van der Waals surface area contributed by atoms with Gasteiger partial charge in [-0.05, 0) is 78.8 Å². The van der Waals surface area contributed by atoms with Gasteiger partial charge in [0.15, 0.2) is 0 Å². The number of benzene rings is 2. The average Bonchev–Trinajstić information content (AvgIpc) is 2.63. The third-order valence-corrected chi connectivity index (χ3v) is 5.82. The molecule has 144 valence electrons. The van der Waals surface area contributed by atoms with Crippen molar-refractivity contribution in [3.05, 3.63) is 48.5 Å². The molecule has 2 rings (SSSR count). The Kier molecular flexibility index (Phi) is 7.87. The van der Waals surface area contributed by atoms with Crippen molar-refractivity contribution in [3.63, 3.8) is 0 Å². The lowest BCUT2D eigenvalue weighted by atomic mass is 10.3. The summed E-state index contributed by atoms with van der Waals surface area (Å²) >= 11 is 2.61. The minimum absolute atomic E-state index is 0.0753. The minimum atomic E-state index is -0.0753. The number of aromatic hydroxyl groups is 2. The predicted octanol–water partition coefficient (Wildman–Crippen LogP) is 3.90. The highest BCUT2D eigenvalue weighted by Gasteiger charge is 2.14. The molecule has 0 heterocycles. The van der Waals surface area contributed by atoms with Crippen LogP contribution in [0.2, 0.25) is 0 Å². The van der Waals surface area contributed by atoms with Crippen molar-refractivity contribution >= 4 is 35.7 Å². The van der Waals surface area contributed by atoms with E-state index in [0.29, 0.717) is 19.5 Å². The molecule has 2 aromatic carbocycles. The first kappa shape index (κ1) is 21.0. The van der Waals surface area contributed by atoms with Gasteiger partial charge < -0.3 is 10.2 Å². The molecule has 27 heavy (non-hydrogen) atoms. The Labute approximate surface area is 167 Å². The Morgan fingerprint density at radius 2 is 1.07 bits per heavy atom. The molecule has 0 saturated heterocycles. The molecule has 2 N–H and O–H groups in total. The van der Waals surface area contributed by atoms with Crippen molar-refractivity contribution in [2.24, 2.45) is 0 Å². The first-order valence-electron chi connectivity index (χ1n) is 8.35. The van der Waals surface area contributed by atoms with Crippen LogP contribution in [0.4, 0.5) is 0 Å². The van der Waals surface area contributed by atoms with Gasteiger partial charge in [-0.1, -0.05) is 0 Å². The molecule has 0 aliphatic carbocycles. The molecular weight excluding hydrogens is 384 g/mol.